The van der Waals surface area contributed by atoms with Crippen LogP contribution in [0.4, 0.5) is 4.39 Å². The summed E-state index contributed by atoms with van der Waals surface area (Å²) in [5.41, 5.74) is 2.43. The van der Waals surface area contributed by atoms with Crippen LogP contribution in [-0.2, 0) is 6.54 Å². The molecule has 1 N–H and O–H groups in total. The maximum atomic E-state index is 13.8. The second-order valence-electron chi connectivity index (χ2n) is 3.85. The highest BCUT2D eigenvalue weighted by Gasteiger charge is 2.04. The fourth-order valence-electron chi connectivity index (χ4n) is 1.73. The van der Waals surface area contributed by atoms with Gasteiger partial charge in [0.05, 0.1) is 0 Å². The van der Waals surface area contributed by atoms with Crippen LogP contribution < -0.4 is 5.32 Å². The largest absolute Gasteiger partial charge is 0.316 e. The molecule has 0 aliphatic heterocycles. The lowest BCUT2D eigenvalue weighted by molar-refractivity contribution is 0.601. The zero-order valence-corrected chi connectivity index (χ0v) is 10.3. The van der Waals surface area contributed by atoms with Crippen LogP contribution in [0.15, 0.2) is 42.5 Å². The maximum absolute atomic E-state index is 13.8. The normalized spacial score (nSPS) is 10.5. The Balaban J connectivity index is 2.37. The monoisotopic (exact) mass is 249 g/mol. The van der Waals surface area contributed by atoms with Crippen LogP contribution in [0.3, 0.4) is 0 Å². The van der Waals surface area contributed by atoms with Gasteiger partial charge in [0.25, 0.3) is 0 Å². The molecule has 88 valence electrons. The average molecular weight is 250 g/mol. The van der Waals surface area contributed by atoms with Gasteiger partial charge in [-0.15, -0.1) is 0 Å². The van der Waals surface area contributed by atoms with Crippen LogP contribution in [0, 0.1) is 5.82 Å². The van der Waals surface area contributed by atoms with Crippen LogP contribution in [0.5, 0.6) is 0 Å². The van der Waals surface area contributed by atoms with Crippen LogP contribution >= 0.6 is 11.6 Å². The summed E-state index contributed by atoms with van der Waals surface area (Å²) < 4.78 is 13.8. The van der Waals surface area contributed by atoms with E-state index < -0.39 is 0 Å². The van der Waals surface area contributed by atoms with Crippen molar-refractivity contribution in [2.24, 2.45) is 0 Å². The van der Waals surface area contributed by atoms with E-state index in [0.29, 0.717) is 17.1 Å². The van der Waals surface area contributed by atoms with Gasteiger partial charge in [-0.1, -0.05) is 35.9 Å². The van der Waals surface area contributed by atoms with E-state index in [9.17, 15) is 4.39 Å². The third-order valence-corrected chi connectivity index (χ3v) is 2.81. The maximum Gasteiger partial charge on any atom is 0.128 e. The van der Waals surface area contributed by atoms with E-state index in [1.54, 1.807) is 25.2 Å². The fraction of sp³-hybridized carbons (Fsp3) is 0.143. The first-order valence-corrected chi connectivity index (χ1v) is 5.77. The molecule has 0 aliphatic rings. The second-order valence-corrected chi connectivity index (χ2v) is 4.28. The standard InChI is InChI=1S/C14H13ClFN/c1-17-9-12-6-5-11(8-14(12)16)10-3-2-4-13(15)7-10/h2-8,17H,9H2,1H3. The number of halogens is 2. The lowest BCUT2D eigenvalue weighted by Crippen LogP contribution is -2.06. The Morgan fingerprint density at radius 3 is 2.53 bits per heavy atom. The minimum absolute atomic E-state index is 0.197. The molecule has 0 atom stereocenters. The summed E-state index contributed by atoms with van der Waals surface area (Å²) in [6.07, 6.45) is 0. The molecule has 0 saturated heterocycles. The van der Waals surface area contributed by atoms with Gasteiger partial charge < -0.3 is 5.32 Å². The van der Waals surface area contributed by atoms with Gasteiger partial charge in [-0.3, -0.25) is 0 Å². The van der Waals surface area contributed by atoms with Gasteiger partial charge >= 0.3 is 0 Å². The second kappa shape index (κ2) is 5.30. The highest BCUT2D eigenvalue weighted by Crippen LogP contribution is 2.24. The molecule has 3 heteroatoms. The summed E-state index contributed by atoms with van der Waals surface area (Å²) in [5.74, 6) is -0.197. The van der Waals surface area contributed by atoms with Gasteiger partial charge in [0, 0.05) is 17.1 Å². The molecule has 0 bridgehead atoms. The van der Waals surface area contributed by atoms with E-state index in [2.05, 4.69) is 5.32 Å². The average Bonchev–Trinajstić information content (AvgIpc) is 2.32. The molecule has 0 radical (unpaired) electrons. The van der Waals surface area contributed by atoms with E-state index in [4.69, 9.17) is 11.6 Å². The van der Waals surface area contributed by atoms with Crippen molar-refractivity contribution < 1.29 is 4.39 Å². The lowest BCUT2D eigenvalue weighted by Gasteiger charge is -2.06. The zero-order valence-electron chi connectivity index (χ0n) is 9.50. The molecule has 0 unspecified atom stereocenters. The van der Waals surface area contributed by atoms with E-state index in [1.165, 1.54) is 0 Å². The summed E-state index contributed by atoms with van der Waals surface area (Å²) in [5, 5.41) is 3.59. The Morgan fingerprint density at radius 2 is 1.88 bits per heavy atom. The van der Waals surface area contributed by atoms with E-state index >= 15 is 0 Å². The quantitative estimate of drug-likeness (QED) is 0.871. The van der Waals surface area contributed by atoms with Gasteiger partial charge in [-0.2, -0.15) is 0 Å². The Kier molecular flexibility index (Phi) is 3.77. The summed E-state index contributed by atoms with van der Waals surface area (Å²) >= 11 is 5.91. The molecule has 0 aromatic heterocycles. The number of nitrogens with one attached hydrogen (secondary N) is 1. The van der Waals surface area contributed by atoms with Crippen molar-refractivity contribution in [1.29, 1.82) is 0 Å². The Labute approximate surface area is 105 Å². The molecule has 0 amide bonds. The highest BCUT2D eigenvalue weighted by molar-refractivity contribution is 6.30. The third-order valence-electron chi connectivity index (χ3n) is 2.58. The first kappa shape index (κ1) is 12.1. The first-order chi connectivity index (χ1) is 8.20. The van der Waals surface area contributed by atoms with Crippen LogP contribution in [0.2, 0.25) is 5.02 Å². The molecule has 0 spiro atoms. The topological polar surface area (TPSA) is 12.0 Å². The number of hydrogen-bond acceptors (Lipinski definition) is 1. The molecule has 2 aromatic rings. The van der Waals surface area contributed by atoms with Crippen molar-refractivity contribution in [1.82, 2.24) is 5.32 Å². The fourth-order valence-corrected chi connectivity index (χ4v) is 1.92. The van der Waals surface area contributed by atoms with E-state index in [1.807, 2.05) is 24.3 Å². The molecular formula is C14H13ClFN. The summed E-state index contributed by atoms with van der Waals surface area (Å²) in [4.78, 5) is 0. The Hall–Kier alpha value is -1.38. The van der Waals surface area contributed by atoms with Gasteiger partial charge in [-0.25, -0.2) is 4.39 Å². The van der Waals surface area contributed by atoms with Crippen molar-refractivity contribution in [2.45, 2.75) is 6.54 Å². The van der Waals surface area contributed by atoms with Gasteiger partial charge in [0.1, 0.15) is 5.82 Å². The predicted octanol–water partition coefficient (Wildman–Crippen LogP) is 3.87. The minimum atomic E-state index is -0.197. The number of hydrogen-bond donors (Lipinski definition) is 1. The van der Waals surface area contributed by atoms with Crippen LogP contribution in [0.1, 0.15) is 5.56 Å². The van der Waals surface area contributed by atoms with Crippen LogP contribution in [0.25, 0.3) is 11.1 Å². The lowest BCUT2D eigenvalue weighted by atomic mass is 10.0. The van der Waals surface area contributed by atoms with Gasteiger partial charge in [0.2, 0.25) is 0 Å². The van der Waals surface area contributed by atoms with Crippen LogP contribution in [-0.4, -0.2) is 7.05 Å². The van der Waals surface area contributed by atoms with Crippen molar-refractivity contribution in [3.05, 3.63) is 58.9 Å². The molecule has 0 fully saturated rings. The number of benzene rings is 2. The molecule has 17 heavy (non-hydrogen) atoms. The van der Waals surface area contributed by atoms with Crippen molar-refractivity contribution in [2.75, 3.05) is 7.05 Å². The molecule has 1 nitrogen and oxygen atoms in total. The third kappa shape index (κ3) is 2.84. The smallest absolute Gasteiger partial charge is 0.128 e. The van der Waals surface area contributed by atoms with Gasteiger partial charge in [0.15, 0.2) is 0 Å². The van der Waals surface area contributed by atoms with Crippen molar-refractivity contribution in [3.63, 3.8) is 0 Å². The zero-order chi connectivity index (χ0) is 12.3. The molecule has 2 rings (SSSR count). The van der Waals surface area contributed by atoms with E-state index in [0.717, 1.165) is 11.1 Å². The first-order valence-electron chi connectivity index (χ1n) is 5.39. The van der Waals surface area contributed by atoms with E-state index in [-0.39, 0.29) is 5.82 Å². The number of rotatable bonds is 3. The predicted molar refractivity (Wildman–Crippen MR) is 69.6 cm³/mol. The van der Waals surface area contributed by atoms with Crippen molar-refractivity contribution in [3.8, 4) is 11.1 Å². The van der Waals surface area contributed by atoms with Crippen molar-refractivity contribution >= 4 is 11.6 Å². The Bertz CT molecular complexity index is 525. The minimum Gasteiger partial charge on any atom is -0.316 e. The summed E-state index contributed by atoms with van der Waals surface area (Å²) in [6, 6.07) is 12.6. The van der Waals surface area contributed by atoms with Gasteiger partial charge in [-0.05, 0) is 36.4 Å². The Morgan fingerprint density at radius 1 is 1.12 bits per heavy atom. The summed E-state index contributed by atoms with van der Waals surface area (Å²) in [7, 11) is 1.80. The highest BCUT2D eigenvalue weighted by atomic mass is 35.5. The SMILES string of the molecule is CNCc1ccc(-c2cccc(Cl)c2)cc1F. The molecular weight excluding hydrogens is 237 g/mol. The summed E-state index contributed by atoms with van der Waals surface area (Å²) in [6.45, 7) is 0.529. The molecule has 0 saturated carbocycles. The molecule has 0 heterocycles. The molecule has 0 aliphatic carbocycles. The molecule has 2 aromatic carbocycles.